The van der Waals surface area contributed by atoms with Gasteiger partial charge in [0.15, 0.2) is 0 Å². The Morgan fingerprint density at radius 3 is 1.79 bits per heavy atom. The number of hydrogen-bond acceptors (Lipinski definition) is 3. The molecule has 0 atom stereocenters. The number of phenols is 1. The Kier molecular flexibility index (Phi) is 11.7. The van der Waals surface area contributed by atoms with E-state index in [9.17, 15) is 5.11 Å². The maximum Gasteiger partial charge on any atom is 0.148 e. The summed E-state index contributed by atoms with van der Waals surface area (Å²) in [4.78, 5) is 10.5. The number of imidazole rings is 1. The van der Waals surface area contributed by atoms with Gasteiger partial charge >= 0.3 is 0 Å². The molecular formula is C58H52N3OPt-. The van der Waals surface area contributed by atoms with Crippen LogP contribution in [0, 0.1) is 19.9 Å². The number of para-hydroxylation sites is 1. The summed E-state index contributed by atoms with van der Waals surface area (Å²) in [6.07, 6.45) is 1.89. The van der Waals surface area contributed by atoms with Gasteiger partial charge in [-0.25, -0.2) is 4.98 Å². The zero-order valence-corrected chi connectivity index (χ0v) is 39.5. The number of rotatable bonds is 7. The number of pyridine rings is 1. The molecule has 0 radical (unpaired) electrons. The Morgan fingerprint density at radius 1 is 0.540 bits per heavy atom. The van der Waals surface area contributed by atoms with Crippen molar-refractivity contribution >= 4 is 11.0 Å². The molecule has 1 N–H and O–H groups in total. The van der Waals surface area contributed by atoms with Gasteiger partial charge in [0.2, 0.25) is 0 Å². The van der Waals surface area contributed by atoms with Gasteiger partial charge in [-0.2, -0.15) is 0 Å². The van der Waals surface area contributed by atoms with E-state index >= 15 is 0 Å². The Labute approximate surface area is 386 Å². The summed E-state index contributed by atoms with van der Waals surface area (Å²) >= 11 is 0. The number of phenolic OH excluding ortho intramolecular Hbond substituents is 1. The molecule has 4 nitrogen and oxygen atoms in total. The quantitative estimate of drug-likeness (QED) is 0.162. The first-order valence-electron chi connectivity index (χ1n) is 21.5. The van der Waals surface area contributed by atoms with Gasteiger partial charge in [0.25, 0.3) is 0 Å². The van der Waals surface area contributed by atoms with Gasteiger partial charge in [0.1, 0.15) is 11.6 Å². The number of benzene rings is 7. The molecule has 0 saturated carbocycles. The predicted molar refractivity (Wildman–Crippen MR) is 259 cm³/mol. The average Bonchev–Trinajstić information content (AvgIpc) is 3.67. The van der Waals surface area contributed by atoms with Crippen molar-refractivity contribution in [1.82, 2.24) is 14.5 Å². The molecular weight excluding hydrogens is 950 g/mol. The summed E-state index contributed by atoms with van der Waals surface area (Å²) in [7, 11) is 0. The molecule has 0 spiro atoms. The molecule has 0 saturated heterocycles. The largest absolute Gasteiger partial charge is 0.507 e. The van der Waals surface area contributed by atoms with Gasteiger partial charge in [-0.15, -0.1) is 29.3 Å². The van der Waals surface area contributed by atoms with Gasteiger partial charge in [0, 0.05) is 38.5 Å². The Balaban J connectivity index is 0.00000544. The van der Waals surface area contributed by atoms with Crippen molar-refractivity contribution < 1.29 is 26.2 Å². The first kappa shape index (κ1) is 43.3. The molecule has 0 amide bonds. The van der Waals surface area contributed by atoms with E-state index in [1.54, 1.807) is 0 Å². The maximum atomic E-state index is 12.0. The van der Waals surface area contributed by atoms with E-state index in [0.29, 0.717) is 11.4 Å². The van der Waals surface area contributed by atoms with Gasteiger partial charge < -0.3 is 5.11 Å². The second kappa shape index (κ2) is 17.1. The van der Waals surface area contributed by atoms with E-state index in [4.69, 9.17) is 9.97 Å². The Morgan fingerprint density at radius 2 is 1.16 bits per heavy atom. The average molecular weight is 1000 g/mol. The fourth-order valence-electron chi connectivity index (χ4n) is 8.64. The van der Waals surface area contributed by atoms with Crippen molar-refractivity contribution in [3.63, 3.8) is 0 Å². The summed E-state index contributed by atoms with van der Waals surface area (Å²) in [6.45, 7) is 17.6. The number of fused-ring (bicyclic) bond motifs is 1. The normalized spacial score (nSPS) is 11.7. The minimum Gasteiger partial charge on any atom is -0.507 e. The molecule has 9 aromatic rings. The SMILES string of the molecule is Cc1cc(C)c(O)c(-c2nc3c(-c4[c-]c(-c5cc(-c6ccccc6)ccn5)cc(C(C)(C)C)c4)cccc3n2-c2cc(-c3ccccc3)c(C(C)(C)C)cc2-c2ccccc2)c1.[Pt]. The van der Waals surface area contributed by atoms with Crippen LogP contribution in [-0.4, -0.2) is 19.6 Å². The number of aryl methyl sites for hydroxylation is 2. The summed E-state index contributed by atoms with van der Waals surface area (Å²) < 4.78 is 2.27. The molecule has 63 heavy (non-hydrogen) atoms. The van der Waals surface area contributed by atoms with Crippen LogP contribution in [-0.2, 0) is 31.9 Å². The molecule has 2 aromatic heterocycles. The van der Waals surface area contributed by atoms with Crippen LogP contribution in [0.4, 0.5) is 0 Å². The van der Waals surface area contributed by atoms with E-state index in [1.807, 2.05) is 25.3 Å². The third kappa shape index (κ3) is 8.45. The molecule has 5 heteroatoms. The van der Waals surface area contributed by atoms with E-state index in [0.717, 1.165) is 83.6 Å². The minimum absolute atomic E-state index is 0. The standard InChI is InChI=1S/C58H52N3O.Pt/c1-37-29-38(2)55(62)49(30-37)56-60-54-46(43-31-44(33-45(32-43)57(3,4)5)51-34-42(27-28-59-51)39-19-12-9-13-20-39)25-18-26-52(54)61(56)53-36-47(40-21-14-10-15-22-40)50(58(6,7)8)35-48(53)41-23-16-11-17-24-41;/h9-30,32-36,62H,1-8H3;/q-1;. The monoisotopic (exact) mass is 1000 g/mol. The van der Waals surface area contributed by atoms with Crippen molar-refractivity contribution in [1.29, 1.82) is 0 Å². The molecule has 0 unspecified atom stereocenters. The summed E-state index contributed by atoms with van der Waals surface area (Å²) in [5.41, 5.74) is 17.7. The molecule has 0 fully saturated rings. The van der Waals surface area contributed by atoms with Crippen LogP contribution in [0.2, 0.25) is 0 Å². The third-order valence-corrected chi connectivity index (χ3v) is 11.9. The summed E-state index contributed by atoms with van der Waals surface area (Å²) in [6, 6.07) is 59.5. The Hall–Kier alpha value is -6.35. The van der Waals surface area contributed by atoms with E-state index in [1.165, 1.54) is 11.1 Å². The molecule has 9 rings (SSSR count). The minimum atomic E-state index is -0.161. The number of aromatic nitrogens is 3. The first-order chi connectivity index (χ1) is 29.7. The molecule has 7 aromatic carbocycles. The molecule has 0 aliphatic rings. The zero-order valence-electron chi connectivity index (χ0n) is 37.2. The summed E-state index contributed by atoms with van der Waals surface area (Å²) in [5.74, 6) is 0.887. The van der Waals surface area contributed by atoms with Crippen molar-refractivity contribution in [3.8, 4) is 78.6 Å². The molecule has 2 heterocycles. The molecule has 0 aliphatic heterocycles. The number of hydrogen-bond donors (Lipinski definition) is 1. The smallest absolute Gasteiger partial charge is 0.148 e. The van der Waals surface area contributed by atoms with Crippen LogP contribution >= 0.6 is 0 Å². The molecule has 316 valence electrons. The van der Waals surface area contributed by atoms with E-state index < -0.39 is 0 Å². The topological polar surface area (TPSA) is 50.9 Å². The fourth-order valence-corrected chi connectivity index (χ4v) is 8.64. The van der Waals surface area contributed by atoms with Crippen molar-refractivity contribution in [3.05, 3.63) is 192 Å². The van der Waals surface area contributed by atoms with Crippen LogP contribution in [0.3, 0.4) is 0 Å². The van der Waals surface area contributed by atoms with Crippen LogP contribution in [0.1, 0.15) is 63.8 Å². The van der Waals surface area contributed by atoms with Gasteiger partial charge in [-0.05, 0) is 99.5 Å². The molecule has 0 aliphatic carbocycles. The van der Waals surface area contributed by atoms with Crippen molar-refractivity contribution in [2.24, 2.45) is 0 Å². The van der Waals surface area contributed by atoms with Crippen LogP contribution in [0.15, 0.2) is 164 Å². The van der Waals surface area contributed by atoms with Gasteiger partial charge in [0.05, 0.1) is 22.3 Å². The van der Waals surface area contributed by atoms with Crippen LogP contribution in [0.5, 0.6) is 5.75 Å². The first-order valence-corrected chi connectivity index (χ1v) is 21.5. The number of aromatic hydroxyl groups is 1. The predicted octanol–water partition coefficient (Wildman–Crippen LogP) is 15.1. The van der Waals surface area contributed by atoms with Crippen molar-refractivity contribution in [2.45, 2.75) is 66.2 Å². The van der Waals surface area contributed by atoms with E-state index in [-0.39, 0.29) is 37.6 Å². The van der Waals surface area contributed by atoms with Crippen LogP contribution in [0.25, 0.3) is 83.9 Å². The maximum absolute atomic E-state index is 12.0. The molecule has 0 bridgehead atoms. The zero-order chi connectivity index (χ0) is 43.3. The third-order valence-electron chi connectivity index (χ3n) is 11.9. The van der Waals surface area contributed by atoms with E-state index in [2.05, 4.69) is 205 Å². The number of nitrogens with zero attached hydrogens (tertiary/aromatic N) is 3. The van der Waals surface area contributed by atoms with Gasteiger partial charge in [-0.1, -0.05) is 168 Å². The van der Waals surface area contributed by atoms with Crippen LogP contribution < -0.4 is 0 Å². The van der Waals surface area contributed by atoms with Gasteiger partial charge in [-0.3, -0.25) is 9.55 Å². The Bertz CT molecular complexity index is 3100. The fraction of sp³-hybridized carbons (Fsp3) is 0.172. The second-order valence-corrected chi connectivity index (χ2v) is 18.6. The van der Waals surface area contributed by atoms with Crippen molar-refractivity contribution in [2.75, 3.05) is 0 Å². The summed E-state index contributed by atoms with van der Waals surface area (Å²) in [5, 5.41) is 12.0. The second-order valence-electron chi connectivity index (χ2n) is 18.6.